The lowest BCUT2D eigenvalue weighted by atomic mass is 9.74. The molecule has 0 aromatic heterocycles. The van der Waals surface area contributed by atoms with Crippen molar-refractivity contribution in [3.05, 3.63) is 0 Å². The molecule has 5 N–H and O–H groups in total. The quantitative estimate of drug-likeness (QED) is 0.121. The van der Waals surface area contributed by atoms with Crippen LogP contribution in [0.1, 0.15) is 127 Å². The van der Waals surface area contributed by atoms with E-state index >= 15 is 0 Å². The van der Waals surface area contributed by atoms with Crippen molar-refractivity contribution in [1.29, 1.82) is 0 Å². The summed E-state index contributed by atoms with van der Waals surface area (Å²) in [5, 5.41) is 49.1. The van der Waals surface area contributed by atoms with Crippen LogP contribution in [0, 0.1) is 23.7 Å². The number of aliphatic hydroxyl groups excluding tert-OH is 3. The molecule has 1 amide bonds. The smallest absolute Gasteiger partial charge is 0.311 e. The Balaban J connectivity index is 2.32. The Hall–Kier alpha value is -1.71. The van der Waals surface area contributed by atoms with E-state index in [0.717, 1.165) is 19.3 Å². The Bertz CT molecular complexity index is 1140. The summed E-state index contributed by atoms with van der Waals surface area (Å²) in [6.07, 6.45) is -0.0739. The second-order valence-electron chi connectivity index (χ2n) is 16.5. The van der Waals surface area contributed by atoms with E-state index in [4.69, 9.17) is 18.9 Å². The number of esters is 1. The van der Waals surface area contributed by atoms with Crippen LogP contribution < -0.4 is 5.32 Å². The molecule has 2 rings (SSSR count). The molecule has 0 saturated carbocycles. The van der Waals surface area contributed by atoms with Crippen LogP contribution in [0.25, 0.3) is 0 Å². The number of hydrogen-bond donors (Lipinski definition) is 5. The molecule has 13 heteroatoms. The molecule has 0 unspecified atom stereocenters. The minimum atomic E-state index is -1.94. The molecule has 0 bridgehead atoms. The molecule has 2 aliphatic heterocycles. The van der Waals surface area contributed by atoms with Gasteiger partial charge >= 0.3 is 5.97 Å². The van der Waals surface area contributed by atoms with Gasteiger partial charge < -0.3 is 49.6 Å². The van der Waals surface area contributed by atoms with Crippen molar-refractivity contribution >= 4 is 17.7 Å². The fraction of sp³-hybridized carbons (Fsp3) is 0.925. The Labute approximate surface area is 318 Å². The van der Waals surface area contributed by atoms with Crippen LogP contribution in [0.5, 0.6) is 0 Å². The van der Waals surface area contributed by atoms with Gasteiger partial charge in [0, 0.05) is 43.9 Å². The number of cyclic esters (lactones) is 1. The van der Waals surface area contributed by atoms with Crippen LogP contribution in [0.15, 0.2) is 0 Å². The summed E-state index contributed by atoms with van der Waals surface area (Å²) in [7, 11) is 3.40. The molecule has 2 saturated heterocycles. The number of unbranched alkanes of at least 4 members (excludes halogenated alkanes) is 4. The van der Waals surface area contributed by atoms with Crippen LogP contribution >= 0.6 is 0 Å². The highest BCUT2D eigenvalue weighted by Crippen LogP contribution is 2.39. The third-order valence-electron chi connectivity index (χ3n) is 11.9. The first kappa shape index (κ1) is 47.4. The molecule has 310 valence electrons. The third kappa shape index (κ3) is 12.6. The minimum Gasteiger partial charge on any atom is -0.459 e. The number of carbonyl (C=O) groups excluding carboxylic acids is 3. The lowest BCUT2D eigenvalue weighted by molar-refractivity contribution is -0.302. The van der Waals surface area contributed by atoms with Crippen LogP contribution in [0.4, 0.5) is 0 Å². The number of aliphatic hydroxyl groups is 4. The molecule has 0 spiro atoms. The van der Waals surface area contributed by atoms with Gasteiger partial charge in [-0.25, -0.2) is 0 Å². The van der Waals surface area contributed by atoms with Gasteiger partial charge in [0.1, 0.15) is 23.6 Å². The monoisotopic (exact) mass is 759 g/mol. The number of nitrogens with one attached hydrogen (secondary N) is 1. The van der Waals surface area contributed by atoms with E-state index in [-0.39, 0.29) is 36.7 Å². The average Bonchev–Trinajstić information content (AvgIpc) is 3.12. The van der Waals surface area contributed by atoms with Crippen molar-refractivity contribution in [2.24, 2.45) is 23.7 Å². The van der Waals surface area contributed by atoms with Crippen molar-refractivity contribution in [2.75, 3.05) is 27.2 Å². The zero-order valence-corrected chi connectivity index (χ0v) is 34.5. The molecular weight excluding hydrogens is 684 g/mol. The normalized spacial score (nSPS) is 39.4. The Morgan fingerprint density at radius 1 is 0.962 bits per heavy atom. The number of likely N-dealkylation sites (N-methyl/N-ethyl adjacent to an activating group) is 1. The van der Waals surface area contributed by atoms with E-state index in [2.05, 4.69) is 12.2 Å². The molecule has 0 radical (unpaired) electrons. The summed E-state index contributed by atoms with van der Waals surface area (Å²) < 4.78 is 24.7. The maximum absolute atomic E-state index is 13.8. The summed E-state index contributed by atoms with van der Waals surface area (Å²) in [5.74, 6) is -4.62. The summed E-state index contributed by atoms with van der Waals surface area (Å²) >= 11 is 0. The number of hydrogen-bond acceptors (Lipinski definition) is 12. The first-order valence-electron chi connectivity index (χ1n) is 20.1. The summed E-state index contributed by atoms with van der Waals surface area (Å²) in [4.78, 5) is 41.6. The lowest BCUT2D eigenvalue weighted by Gasteiger charge is -2.48. The molecule has 2 heterocycles. The maximum atomic E-state index is 13.8. The van der Waals surface area contributed by atoms with Gasteiger partial charge in [-0.1, -0.05) is 60.3 Å². The Morgan fingerprint density at radius 3 is 2.21 bits per heavy atom. The Morgan fingerprint density at radius 2 is 1.60 bits per heavy atom. The van der Waals surface area contributed by atoms with Gasteiger partial charge in [0.05, 0.1) is 35.9 Å². The second-order valence-corrected chi connectivity index (χ2v) is 16.5. The molecule has 2 aliphatic rings. The fourth-order valence-corrected chi connectivity index (χ4v) is 8.21. The largest absolute Gasteiger partial charge is 0.459 e. The number of rotatable bonds is 15. The first-order chi connectivity index (χ1) is 24.8. The number of carbonyl (C=O) groups is 3. The fourth-order valence-electron chi connectivity index (χ4n) is 8.21. The van der Waals surface area contributed by atoms with Crippen molar-refractivity contribution in [2.45, 2.75) is 187 Å². The molecule has 0 aliphatic carbocycles. The van der Waals surface area contributed by atoms with E-state index in [1.54, 1.807) is 34.6 Å². The molecule has 13 nitrogen and oxygen atoms in total. The lowest BCUT2D eigenvalue weighted by Crippen LogP contribution is -2.60. The van der Waals surface area contributed by atoms with Crippen molar-refractivity contribution < 1.29 is 53.8 Å². The van der Waals surface area contributed by atoms with E-state index in [0.29, 0.717) is 32.4 Å². The first-order valence-corrected chi connectivity index (χ1v) is 20.1. The van der Waals surface area contributed by atoms with Crippen LogP contribution in [-0.2, 0) is 33.3 Å². The number of ketones is 1. The molecule has 2 fully saturated rings. The van der Waals surface area contributed by atoms with Gasteiger partial charge in [-0.2, -0.15) is 0 Å². The maximum Gasteiger partial charge on any atom is 0.311 e. The van der Waals surface area contributed by atoms with Crippen LogP contribution in [0.3, 0.4) is 0 Å². The molecule has 0 aromatic rings. The van der Waals surface area contributed by atoms with Gasteiger partial charge in [0.25, 0.3) is 0 Å². The highest BCUT2D eigenvalue weighted by molar-refractivity contribution is 5.83. The standard InChI is InChI=1S/C40H74N2O11/c1-12-14-15-16-17-19-31(43)41-20-18-21-42(10)29-22-25(4)51-38(34(29)46)53-36-27(6)33(45)28(7)37(48)52-30(13-2)40(9,49)35(47)26(5)32(44)24(3)23-39(36,8)50-11/h24-30,33-36,38,45-47,49H,12-23H2,1-11H3,(H,41,43)/t24-,25-,26+,27+,28-,29+,30-,33+,34-,35-,36-,38+,39-,40-/m1/s1. The number of ether oxygens (including phenoxy) is 4. The number of methoxy groups -OCH3 is 1. The van der Waals surface area contributed by atoms with Gasteiger partial charge in [0.2, 0.25) is 5.91 Å². The van der Waals surface area contributed by atoms with Crippen molar-refractivity contribution in [3.63, 3.8) is 0 Å². The Kier molecular flexibility index (Phi) is 19.3. The highest BCUT2D eigenvalue weighted by Gasteiger charge is 2.52. The van der Waals surface area contributed by atoms with Crippen molar-refractivity contribution in [1.82, 2.24) is 10.2 Å². The van der Waals surface area contributed by atoms with Gasteiger partial charge in [-0.05, 0) is 73.4 Å². The summed E-state index contributed by atoms with van der Waals surface area (Å²) in [6, 6.07) is -0.346. The van der Waals surface area contributed by atoms with E-state index in [1.807, 2.05) is 18.9 Å². The minimum absolute atomic E-state index is 0.0549. The topological polar surface area (TPSA) is 184 Å². The SMILES string of the molecule is CCCCCCCC(=O)NCCCN(C)[C@H]1C[C@@H](C)O[C@@H](O[C@@H]2[C@@H](C)[C@H](O)[C@@H](C)C(=O)O[C@H](CC)[C@@](C)(O)[C@H](O)[C@@H](C)C(=O)[C@H](C)C[C@@]2(C)OC)[C@@H]1O. The predicted octanol–water partition coefficient (Wildman–Crippen LogP) is 3.75. The molecule has 53 heavy (non-hydrogen) atoms. The number of Topliss-reactive ketones (excluding diaryl/α,β-unsaturated/α-hetero) is 1. The number of amides is 1. The predicted molar refractivity (Wildman–Crippen MR) is 202 cm³/mol. The van der Waals surface area contributed by atoms with Crippen LogP contribution in [0.2, 0.25) is 0 Å². The average molecular weight is 759 g/mol. The zero-order chi connectivity index (χ0) is 40.3. The van der Waals surface area contributed by atoms with E-state index in [9.17, 15) is 34.8 Å². The third-order valence-corrected chi connectivity index (χ3v) is 11.9. The molecular formula is C40H74N2O11. The number of nitrogens with zero attached hydrogens (tertiary/aromatic N) is 1. The summed E-state index contributed by atoms with van der Waals surface area (Å²) in [6.45, 7) is 16.5. The van der Waals surface area contributed by atoms with Gasteiger partial charge in [-0.3, -0.25) is 14.4 Å². The molecule has 0 aromatic carbocycles. The highest BCUT2D eigenvalue weighted by atomic mass is 16.7. The second kappa shape index (κ2) is 21.6. The molecule has 14 atom stereocenters. The van der Waals surface area contributed by atoms with Crippen molar-refractivity contribution in [3.8, 4) is 0 Å². The van der Waals surface area contributed by atoms with Crippen LogP contribution in [-0.4, -0.2) is 130 Å². The van der Waals surface area contributed by atoms with Gasteiger partial charge in [-0.15, -0.1) is 0 Å². The van der Waals surface area contributed by atoms with Gasteiger partial charge in [0.15, 0.2) is 6.29 Å². The summed E-state index contributed by atoms with van der Waals surface area (Å²) in [5.41, 5.74) is -3.19. The zero-order valence-electron chi connectivity index (χ0n) is 34.5. The van der Waals surface area contributed by atoms with E-state index in [1.165, 1.54) is 33.8 Å². The van der Waals surface area contributed by atoms with E-state index < -0.39 is 77.7 Å².